The highest BCUT2D eigenvalue weighted by molar-refractivity contribution is 6.31. The summed E-state index contributed by atoms with van der Waals surface area (Å²) >= 11 is 12.7. The van der Waals surface area contributed by atoms with E-state index in [0.717, 1.165) is 52.8 Å². The third-order valence-corrected chi connectivity index (χ3v) is 8.93. The number of carbonyl (C=O) groups is 1. The summed E-state index contributed by atoms with van der Waals surface area (Å²) in [5, 5.41) is 8.56. The van der Waals surface area contributed by atoms with Crippen LogP contribution in [0.2, 0.25) is 10.0 Å². The van der Waals surface area contributed by atoms with E-state index in [2.05, 4.69) is 32.1 Å². The van der Waals surface area contributed by atoms with E-state index in [1.54, 1.807) is 18.3 Å². The number of pyridine rings is 1. The average molecular weight is 652 g/mol. The van der Waals surface area contributed by atoms with Gasteiger partial charge in [-0.05, 0) is 68.3 Å². The number of hydrogen-bond acceptors (Lipinski definition) is 5. The predicted octanol–water partition coefficient (Wildman–Crippen LogP) is 8.39. The lowest BCUT2D eigenvalue weighted by Crippen LogP contribution is -2.28. The molecule has 1 amide bonds. The summed E-state index contributed by atoms with van der Waals surface area (Å²) in [6.45, 7) is 3.55. The molecule has 0 spiro atoms. The van der Waals surface area contributed by atoms with Crippen molar-refractivity contribution < 1.29 is 9.53 Å². The molecule has 0 aliphatic carbocycles. The van der Waals surface area contributed by atoms with Gasteiger partial charge in [-0.25, -0.2) is 9.97 Å². The fourth-order valence-electron chi connectivity index (χ4n) is 6.06. The molecule has 3 N–H and O–H groups in total. The van der Waals surface area contributed by atoms with Crippen molar-refractivity contribution >= 4 is 45.7 Å². The number of nitrogens with zero attached hydrogens (tertiary/aromatic N) is 3. The fraction of sp³-hybridized carbons (Fsp3) is 0.194. The van der Waals surface area contributed by atoms with Gasteiger partial charge >= 0.3 is 0 Å². The smallest absolute Gasteiger partial charge is 0.272 e. The summed E-state index contributed by atoms with van der Waals surface area (Å²) in [5.41, 5.74) is 5.81. The normalized spacial score (nSPS) is 15.2. The molecule has 10 heteroatoms. The molecule has 7 rings (SSSR count). The fourth-order valence-corrected chi connectivity index (χ4v) is 6.36. The summed E-state index contributed by atoms with van der Waals surface area (Å²) < 4.78 is 8.18. The molecule has 0 radical (unpaired) electrons. The highest BCUT2D eigenvalue weighted by Gasteiger charge is 2.28. The van der Waals surface area contributed by atoms with Crippen LogP contribution in [0.15, 0.2) is 97.5 Å². The molecule has 232 valence electrons. The summed E-state index contributed by atoms with van der Waals surface area (Å²) in [7, 11) is 0. The van der Waals surface area contributed by atoms with Gasteiger partial charge in [-0.3, -0.25) is 4.79 Å². The summed E-state index contributed by atoms with van der Waals surface area (Å²) in [4.78, 5) is 27.0. The zero-order valence-corrected chi connectivity index (χ0v) is 26.6. The van der Waals surface area contributed by atoms with E-state index < -0.39 is 0 Å². The number of carbonyl (C=O) groups excluding carboxylic acids is 1. The Kier molecular flexibility index (Phi) is 8.49. The maximum atomic E-state index is 14.3. The molecule has 1 fully saturated rings. The van der Waals surface area contributed by atoms with Gasteiger partial charge in [0.1, 0.15) is 18.0 Å². The monoisotopic (exact) mass is 650 g/mol. The molecule has 3 aromatic heterocycles. The molecule has 1 saturated heterocycles. The van der Waals surface area contributed by atoms with E-state index in [-0.39, 0.29) is 18.0 Å². The van der Waals surface area contributed by atoms with Crippen molar-refractivity contribution in [2.24, 2.45) is 0 Å². The molecular formula is C36H32Cl2N6O2. The second kappa shape index (κ2) is 13.0. The molecule has 6 aromatic rings. The van der Waals surface area contributed by atoms with Crippen molar-refractivity contribution in [2.75, 3.05) is 18.5 Å². The second-order valence-corrected chi connectivity index (χ2v) is 12.3. The SMILES string of the molecule is CC(c1ccc(Cl)cc1)n1cnc(-c2ccccc2)c1-c1c(C(=O)Nc2cccnc2OCC2CCCN2)[nH]c2cc(Cl)ccc12. The van der Waals surface area contributed by atoms with Crippen LogP contribution >= 0.6 is 23.2 Å². The number of rotatable bonds is 9. The molecule has 1 aliphatic heterocycles. The van der Waals surface area contributed by atoms with Gasteiger partial charge in [0.2, 0.25) is 5.88 Å². The van der Waals surface area contributed by atoms with Crippen LogP contribution in [0, 0.1) is 0 Å². The van der Waals surface area contributed by atoms with E-state index in [9.17, 15) is 4.79 Å². The van der Waals surface area contributed by atoms with Crippen LogP contribution in [0.4, 0.5) is 5.69 Å². The number of anilines is 1. The number of H-pyrrole nitrogens is 1. The van der Waals surface area contributed by atoms with Crippen LogP contribution in [0.5, 0.6) is 5.88 Å². The zero-order valence-electron chi connectivity index (χ0n) is 25.1. The largest absolute Gasteiger partial charge is 0.475 e. The lowest BCUT2D eigenvalue weighted by atomic mass is 9.99. The predicted molar refractivity (Wildman–Crippen MR) is 184 cm³/mol. The third kappa shape index (κ3) is 5.99. The van der Waals surface area contributed by atoms with Crippen LogP contribution in [0.25, 0.3) is 33.4 Å². The Labute approximate surface area is 276 Å². The molecule has 1 aliphatic rings. The first-order valence-corrected chi connectivity index (χ1v) is 16.0. The number of amides is 1. The highest BCUT2D eigenvalue weighted by atomic mass is 35.5. The number of nitrogens with one attached hydrogen (secondary N) is 3. The minimum absolute atomic E-state index is 0.132. The summed E-state index contributed by atoms with van der Waals surface area (Å²) in [5.74, 6) is 0.0294. The summed E-state index contributed by atoms with van der Waals surface area (Å²) in [6, 6.07) is 27.0. The zero-order chi connectivity index (χ0) is 31.6. The van der Waals surface area contributed by atoms with E-state index in [1.165, 1.54) is 0 Å². The van der Waals surface area contributed by atoms with Crippen molar-refractivity contribution in [2.45, 2.75) is 31.8 Å². The molecule has 2 atom stereocenters. The Morgan fingerprint density at radius 1 is 1.02 bits per heavy atom. The van der Waals surface area contributed by atoms with E-state index in [0.29, 0.717) is 39.5 Å². The minimum atomic E-state index is -0.343. The van der Waals surface area contributed by atoms with Crippen molar-refractivity contribution in [3.8, 4) is 28.4 Å². The van der Waals surface area contributed by atoms with Gasteiger partial charge in [-0.15, -0.1) is 0 Å². The van der Waals surface area contributed by atoms with Gasteiger partial charge < -0.3 is 24.9 Å². The van der Waals surface area contributed by atoms with Crippen molar-refractivity contribution in [3.05, 3.63) is 119 Å². The van der Waals surface area contributed by atoms with Gasteiger partial charge in [0, 0.05) is 44.3 Å². The Morgan fingerprint density at radius 2 is 1.83 bits per heavy atom. The van der Waals surface area contributed by atoms with Crippen LogP contribution in [0.3, 0.4) is 0 Å². The van der Waals surface area contributed by atoms with E-state index in [1.807, 2.05) is 79.1 Å². The van der Waals surface area contributed by atoms with Crippen molar-refractivity contribution in [3.63, 3.8) is 0 Å². The molecule has 0 saturated carbocycles. The Hall–Kier alpha value is -4.63. The lowest BCUT2D eigenvalue weighted by Gasteiger charge is -2.19. The number of ether oxygens (including phenoxy) is 1. The maximum absolute atomic E-state index is 14.3. The molecule has 0 bridgehead atoms. The molecule has 2 unspecified atom stereocenters. The topological polar surface area (TPSA) is 96.9 Å². The number of benzene rings is 3. The standard InChI is InChI=1S/C36H32Cl2N6O2/c1-22(23-11-13-25(37)14-12-23)44-21-41-32(24-7-3-2-4-8-24)34(44)31-28-16-15-26(38)19-30(28)42-33(31)35(45)43-29-10-6-18-40-36(29)46-20-27-9-5-17-39-27/h2-4,6-8,10-16,18-19,21-22,27,39,42H,5,9,17,20H2,1H3,(H,43,45). The molecule has 4 heterocycles. The van der Waals surface area contributed by atoms with Gasteiger partial charge in [0.25, 0.3) is 5.91 Å². The van der Waals surface area contributed by atoms with Crippen molar-refractivity contribution in [1.82, 2.24) is 24.8 Å². The quantitative estimate of drug-likeness (QED) is 0.146. The lowest BCUT2D eigenvalue weighted by molar-refractivity contribution is 0.102. The van der Waals surface area contributed by atoms with Crippen LogP contribution in [-0.4, -0.2) is 44.6 Å². The highest BCUT2D eigenvalue weighted by Crippen LogP contribution is 2.41. The van der Waals surface area contributed by atoms with Gasteiger partial charge in [-0.1, -0.05) is 71.7 Å². The van der Waals surface area contributed by atoms with Crippen LogP contribution in [-0.2, 0) is 0 Å². The number of fused-ring (bicyclic) bond motifs is 1. The van der Waals surface area contributed by atoms with Gasteiger partial charge in [0.05, 0.1) is 23.8 Å². The van der Waals surface area contributed by atoms with Gasteiger partial charge in [-0.2, -0.15) is 0 Å². The van der Waals surface area contributed by atoms with E-state index >= 15 is 0 Å². The van der Waals surface area contributed by atoms with E-state index in [4.69, 9.17) is 32.9 Å². The molecule has 46 heavy (non-hydrogen) atoms. The van der Waals surface area contributed by atoms with Crippen LogP contribution in [0.1, 0.15) is 41.9 Å². The number of imidazole rings is 1. The number of hydrogen-bond donors (Lipinski definition) is 3. The number of aromatic nitrogens is 4. The number of halogens is 2. The Balaban J connectivity index is 1.36. The molecular weight excluding hydrogens is 619 g/mol. The maximum Gasteiger partial charge on any atom is 0.272 e. The van der Waals surface area contributed by atoms with Crippen molar-refractivity contribution in [1.29, 1.82) is 0 Å². The Bertz CT molecular complexity index is 2000. The Morgan fingerprint density at radius 3 is 2.61 bits per heavy atom. The average Bonchev–Trinajstić information content (AvgIpc) is 3.83. The minimum Gasteiger partial charge on any atom is -0.475 e. The first kappa shape index (κ1) is 30.0. The van der Waals surface area contributed by atoms with Gasteiger partial charge in [0.15, 0.2) is 0 Å². The van der Waals surface area contributed by atoms with Crippen LogP contribution < -0.4 is 15.4 Å². The second-order valence-electron chi connectivity index (χ2n) is 11.4. The third-order valence-electron chi connectivity index (χ3n) is 8.44. The first-order chi connectivity index (χ1) is 22.5. The summed E-state index contributed by atoms with van der Waals surface area (Å²) in [6.07, 6.45) is 5.65. The number of aromatic amines is 1. The first-order valence-electron chi connectivity index (χ1n) is 15.3. The molecule has 8 nitrogen and oxygen atoms in total. The molecule has 3 aromatic carbocycles.